The predicted molar refractivity (Wildman–Crippen MR) is 155 cm³/mol. The number of hydrogen-bond donors (Lipinski definition) is 1. The van der Waals surface area contributed by atoms with Crippen LogP contribution in [0.5, 0.6) is 0 Å². The lowest BCUT2D eigenvalue weighted by Crippen LogP contribution is -2.45. The lowest BCUT2D eigenvalue weighted by Gasteiger charge is -2.32. The smallest absolute Gasteiger partial charge is 0.233 e. The van der Waals surface area contributed by atoms with Crippen LogP contribution in [0.4, 0.5) is 0 Å². The number of carbonyl (C=O) groups is 1. The Morgan fingerprint density at radius 1 is 0.973 bits per heavy atom. The number of H-pyrrole nitrogens is 1. The molecule has 0 spiro atoms. The molecule has 198 valence electrons. The highest BCUT2D eigenvalue weighted by molar-refractivity contribution is 7.19. The normalized spacial score (nSPS) is 23.0. The summed E-state index contributed by atoms with van der Waals surface area (Å²) in [6.07, 6.45) is 5.77. The van der Waals surface area contributed by atoms with E-state index in [0.717, 1.165) is 39.1 Å². The maximum atomic E-state index is 13.8. The molecule has 1 aromatic carbocycles. The van der Waals surface area contributed by atoms with Crippen molar-refractivity contribution in [2.45, 2.75) is 77.3 Å². The lowest BCUT2D eigenvalue weighted by molar-refractivity contribution is -0.137. The van der Waals surface area contributed by atoms with Crippen molar-refractivity contribution in [2.24, 2.45) is 0 Å². The highest BCUT2D eigenvalue weighted by Gasteiger charge is 2.47. The molecule has 3 aliphatic rings. The third-order valence-corrected chi connectivity index (χ3v) is 10.6. The number of aromatic amines is 1. The van der Waals surface area contributed by atoms with Gasteiger partial charge in [-0.1, -0.05) is 17.2 Å². The molecule has 1 amide bonds. The molecule has 37 heavy (non-hydrogen) atoms. The second-order valence-electron chi connectivity index (χ2n) is 12.4. The average Bonchev–Trinajstić information content (AvgIpc) is 3.63. The molecule has 3 aliphatic heterocycles. The first-order chi connectivity index (χ1) is 17.7. The monoisotopic (exact) mass is 518 g/mol. The minimum atomic E-state index is -0.496. The summed E-state index contributed by atoms with van der Waals surface area (Å²) in [5, 5.41) is 1.31. The molecule has 6 heteroatoms. The standard InChI is InChI=1S/C31H42N4OS/c1-20-16-21(2)18-22(17-20)28-25(10-11-34-14-12-33(5)13-15-34)26-19-27(37-29(26)32-28)31(3,4)30(36)35-23-6-7-24(35)9-8-23/h16-19,23-24,32H,6-15H2,1-5H3. The second kappa shape index (κ2) is 9.55. The SMILES string of the molecule is Cc1cc(C)cc(-c2[nH]c3sc(C(C)(C)C(=O)N4C5CCC4CC5)cc3c2CCN2CCN(C)CC2)c1. The van der Waals surface area contributed by atoms with Crippen molar-refractivity contribution in [1.82, 2.24) is 19.7 Å². The lowest BCUT2D eigenvalue weighted by atomic mass is 9.88. The van der Waals surface area contributed by atoms with E-state index in [-0.39, 0.29) is 0 Å². The van der Waals surface area contributed by atoms with Gasteiger partial charge in [0.2, 0.25) is 5.91 Å². The first-order valence-electron chi connectivity index (χ1n) is 14.2. The molecule has 0 radical (unpaired) electrons. The van der Waals surface area contributed by atoms with Crippen LogP contribution in [0, 0.1) is 13.8 Å². The molecule has 2 bridgehead atoms. The van der Waals surface area contributed by atoms with Gasteiger partial charge in [0.1, 0.15) is 4.83 Å². The maximum Gasteiger partial charge on any atom is 0.233 e. The van der Waals surface area contributed by atoms with Crippen LogP contribution < -0.4 is 0 Å². The zero-order chi connectivity index (χ0) is 25.9. The van der Waals surface area contributed by atoms with Gasteiger partial charge in [-0.25, -0.2) is 0 Å². The van der Waals surface area contributed by atoms with Gasteiger partial charge in [-0.2, -0.15) is 0 Å². The molecule has 3 saturated heterocycles. The van der Waals surface area contributed by atoms with Crippen LogP contribution in [0.2, 0.25) is 0 Å². The summed E-state index contributed by atoms with van der Waals surface area (Å²) in [4.78, 5) is 27.4. The molecule has 0 atom stereocenters. The van der Waals surface area contributed by atoms with E-state index in [1.807, 2.05) is 0 Å². The number of fused-ring (bicyclic) bond motifs is 3. The third kappa shape index (κ3) is 4.55. The van der Waals surface area contributed by atoms with Crippen LogP contribution in [-0.4, -0.2) is 77.4 Å². The summed E-state index contributed by atoms with van der Waals surface area (Å²) in [5.74, 6) is 0.329. The first-order valence-corrected chi connectivity index (χ1v) is 15.0. The fourth-order valence-corrected chi connectivity index (χ4v) is 8.16. The number of thiophene rings is 1. The van der Waals surface area contributed by atoms with E-state index >= 15 is 0 Å². The minimum absolute atomic E-state index is 0.329. The van der Waals surface area contributed by atoms with E-state index in [0.29, 0.717) is 18.0 Å². The fourth-order valence-electron chi connectivity index (χ4n) is 6.98. The zero-order valence-corrected chi connectivity index (χ0v) is 24.0. The number of likely N-dealkylation sites (N-methyl/N-ethyl adjacent to an activating group) is 1. The number of hydrogen-bond acceptors (Lipinski definition) is 4. The molecular weight excluding hydrogens is 476 g/mol. The molecule has 3 fully saturated rings. The van der Waals surface area contributed by atoms with Gasteiger partial charge in [-0.3, -0.25) is 4.79 Å². The largest absolute Gasteiger partial charge is 0.346 e. The topological polar surface area (TPSA) is 42.6 Å². The van der Waals surface area contributed by atoms with Crippen LogP contribution in [-0.2, 0) is 16.6 Å². The Balaban J connectivity index is 1.35. The number of benzene rings is 1. The summed E-state index contributed by atoms with van der Waals surface area (Å²) in [6.45, 7) is 14.3. The summed E-state index contributed by atoms with van der Waals surface area (Å²) in [5.41, 5.74) is 6.04. The Kier molecular flexibility index (Phi) is 6.49. The van der Waals surface area contributed by atoms with Gasteiger partial charge in [-0.15, -0.1) is 11.3 Å². The Labute approximate surface area is 225 Å². The van der Waals surface area contributed by atoms with Crippen molar-refractivity contribution in [3.8, 4) is 11.3 Å². The number of amides is 1. The van der Waals surface area contributed by atoms with Crippen LogP contribution in [0.1, 0.15) is 61.1 Å². The van der Waals surface area contributed by atoms with E-state index < -0.39 is 5.41 Å². The number of rotatable bonds is 6. The number of nitrogens with zero attached hydrogens (tertiary/aromatic N) is 3. The van der Waals surface area contributed by atoms with Gasteiger partial charge < -0.3 is 19.7 Å². The van der Waals surface area contributed by atoms with Gasteiger partial charge in [-0.05, 0) is 96.2 Å². The Hall–Kier alpha value is -2.15. The van der Waals surface area contributed by atoms with Crippen LogP contribution in [0.15, 0.2) is 24.3 Å². The Bertz CT molecular complexity index is 1270. The van der Waals surface area contributed by atoms with Crippen molar-refractivity contribution in [3.05, 3.63) is 45.8 Å². The molecule has 6 rings (SSSR count). The molecule has 5 nitrogen and oxygen atoms in total. The Morgan fingerprint density at radius 2 is 1.59 bits per heavy atom. The van der Waals surface area contributed by atoms with Crippen molar-refractivity contribution in [2.75, 3.05) is 39.8 Å². The van der Waals surface area contributed by atoms with Crippen molar-refractivity contribution in [3.63, 3.8) is 0 Å². The van der Waals surface area contributed by atoms with E-state index in [1.165, 1.54) is 68.7 Å². The van der Waals surface area contributed by atoms with Gasteiger partial charge in [0, 0.05) is 55.1 Å². The molecule has 5 heterocycles. The molecule has 1 N–H and O–H groups in total. The molecule has 0 unspecified atom stereocenters. The molecule has 2 aromatic heterocycles. The maximum absolute atomic E-state index is 13.8. The number of aromatic nitrogens is 1. The molecule has 0 saturated carbocycles. The number of carbonyl (C=O) groups excluding carboxylic acids is 1. The highest BCUT2D eigenvalue weighted by Crippen LogP contribution is 2.44. The van der Waals surface area contributed by atoms with Crippen LogP contribution >= 0.6 is 11.3 Å². The summed E-state index contributed by atoms with van der Waals surface area (Å²) in [6, 6.07) is 10.1. The molecule has 0 aliphatic carbocycles. The van der Waals surface area contributed by atoms with Gasteiger partial charge in [0.05, 0.1) is 11.1 Å². The minimum Gasteiger partial charge on any atom is -0.346 e. The number of aryl methyl sites for hydroxylation is 2. The third-order valence-electron chi connectivity index (χ3n) is 9.22. The second-order valence-corrected chi connectivity index (χ2v) is 13.5. The van der Waals surface area contributed by atoms with E-state index in [1.54, 1.807) is 11.3 Å². The Morgan fingerprint density at radius 3 is 2.22 bits per heavy atom. The quantitative estimate of drug-likeness (QED) is 0.453. The average molecular weight is 519 g/mol. The van der Waals surface area contributed by atoms with Crippen LogP contribution in [0.25, 0.3) is 21.5 Å². The van der Waals surface area contributed by atoms with E-state index in [2.05, 4.69) is 78.7 Å². The first kappa shape index (κ1) is 25.1. The summed E-state index contributed by atoms with van der Waals surface area (Å²) in [7, 11) is 2.22. The zero-order valence-electron chi connectivity index (χ0n) is 23.2. The van der Waals surface area contributed by atoms with Gasteiger partial charge in [0.25, 0.3) is 0 Å². The van der Waals surface area contributed by atoms with Crippen molar-refractivity contribution < 1.29 is 4.79 Å². The number of nitrogens with one attached hydrogen (secondary N) is 1. The number of piperazine rings is 1. The van der Waals surface area contributed by atoms with Crippen molar-refractivity contribution >= 4 is 27.5 Å². The van der Waals surface area contributed by atoms with Gasteiger partial charge in [0.15, 0.2) is 0 Å². The fraction of sp³-hybridized carbons (Fsp3) is 0.581. The van der Waals surface area contributed by atoms with Gasteiger partial charge >= 0.3 is 0 Å². The molecular formula is C31H42N4OS. The predicted octanol–water partition coefficient (Wildman–Crippen LogP) is 5.73. The summed E-state index contributed by atoms with van der Waals surface area (Å²) < 4.78 is 0. The van der Waals surface area contributed by atoms with Crippen LogP contribution in [0.3, 0.4) is 0 Å². The van der Waals surface area contributed by atoms with E-state index in [4.69, 9.17) is 0 Å². The molecule has 3 aromatic rings. The summed E-state index contributed by atoms with van der Waals surface area (Å²) >= 11 is 1.79. The highest BCUT2D eigenvalue weighted by atomic mass is 32.1. The van der Waals surface area contributed by atoms with E-state index in [9.17, 15) is 4.79 Å². The van der Waals surface area contributed by atoms with Crippen molar-refractivity contribution in [1.29, 1.82) is 0 Å².